The molecule has 0 unspecified atom stereocenters. The van der Waals surface area contributed by atoms with E-state index in [1.54, 1.807) is 12.5 Å². The molecule has 1 aliphatic rings. The number of hydrogen-bond donors (Lipinski definition) is 1. The molecule has 6 nitrogen and oxygen atoms in total. The second-order valence-electron chi connectivity index (χ2n) is 4.04. The maximum atomic E-state index is 12.0. The molecule has 0 aromatic carbocycles. The smallest absolute Gasteiger partial charge is 0.242 e. The van der Waals surface area contributed by atoms with Gasteiger partial charge in [0.05, 0.1) is 25.2 Å². The molecular weight excluding hydrogens is 220 g/mol. The van der Waals surface area contributed by atoms with Gasteiger partial charge in [0, 0.05) is 25.8 Å². The van der Waals surface area contributed by atoms with Gasteiger partial charge in [-0.2, -0.15) is 0 Å². The van der Waals surface area contributed by atoms with Crippen molar-refractivity contribution in [3.05, 3.63) is 18.2 Å². The Hall–Kier alpha value is -1.40. The molecule has 1 amide bonds. The summed E-state index contributed by atoms with van der Waals surface area (Å²) in [6, 6.07) is 0. The van der Waals surface area contributed by atoms with E-state index in [9.17, 15) is 4.79 Å². The predicted molar refractivity (Wildman–Crippen MR) is 62.4 cm³/mol. The lowest BCUT2D eigenvalue weighted by molar-refractivity contribution is -0.135. The molecule has 0 saturated carbocycles. The minimum Gasteiger partial charge on any atom is -0.378 e. The van der Waals surface area contributed by atoms with Gasteiger partial charge in [-0.3, -0.25) is 4.79 Å². The Labute approximate surface area is 101 Å². The monoisotopic (exact) mass is 238 g/mol. The summed E-state index contributed by atoms with van der Waals surface area (Å²) in [6.45, 7) is 3.73. The second-order valence-corrected chi connectivity index (χ2v) is 4.04. The average molecular weight is 238 g/mol. The Bertz CT molecular complexity index is 371. The van der Waals surface area contributed by atoms with Crippen LogP contribution in [0.3, 0.4) is 0 Å². The van der Waals surface area contributed by atoms with Gasteiger partial charge in [-0.1, -0.05) is 0 Å². The molecule has 17 heavy (non-hydrogen) atoms. The Morgan fingerprint density at radius 3 is 3.00 bits per heavy atom. The van der Waals surface area contributed by atoms with E-state index >= 15 is 0 Å². The summed E-state index contributed by atoms with van der Waals surface area (Å²) in [6.07, 6.45) is 3.48. The Kier molecular flexibility index (Phi) is 4.11. The topological polar surface area (TPSA) is 59.4 Å². The van der Waals surface area contributed by atoms with E-state index < -0.39 is 0 Å². The molecule has 0 bridgehead atoms. The highest BCUT2D eigenvalue weighted by atomic mass is 16.5. The summed E-state index contributed by atoms with van der Waals surface area (Å²) in [5.74, 6) is 0.128. The number of nitrogens with one attached hydrogen (secondary N) is 1. The van der Waals surface area contributed by atoms with Crippen LogP contribution in [0.1, 0.15) is 5.69 Å². The molecule has 0 atom stereocenters. The number of ether oxygens (including phenoxy) is 1. The molecule has 1 aromatic rings. The van der Waals surface area contributed by atoms with Gasteiger partial charge in [0.2, 0.25) is 5.91 Å². The molecule has 2 rings (SSSR count). The Morgan fingerprint density at radius 2 is 2.29 bits per heavy atom. The number of rotatable bonds is 4. The summed E-state index contributed by atoms with van der Waals surface area (Å²) >= 11 is 0. The van der Waals surface area contributed by atoms with Gasteiger partial charge in [-0.15, -0.1) is 0 Å². The molecule has 6 heteroatoms. The van der Waals surface area contributed by atoms with Crippen molar-refractivity contribution >= 4 is 5.91 Å². The average Bonchev–Trinajstić information content (AvgIpc) is 2.78. The predicted octanol–water partition coefficient (Wildman–Crippen LogP) is -0.539. The molecular formula is C11H18N4O2. The van der Waals surface area contributed by atoms with Crippen LogP contribution in [0.4, 0.5) is 0 Å². The highest BCUT2D eigenvalue weighted by Crippen LogP contribution is 2.03. The summed E-state index contributed by atoms with van der Waals surface area (Å²) in [7, 11) is 1.88. The first-order valence-electron chi connectivity index (χ1n) is 5.80. The first kappa shape index (κ1) is 12.1. The third kappa shape index (κ3) is 3.04. The zero-order valence-corrected chi connectivity index (χ0v) is 10.1. The van der Waals surface area contributed by atoms with E-state index in [0.29, 0.717) is 32.8 Å². The normalized spacial score (nSPS) is 16.2. The van der Waals surface area contributed by atoms with Crippen molar-refractivity contribution in [1.82, 2.24) is 19.8 Å². The standard InChI is InChI=1S/C11H18N4O2/c1-12-6-10-7-13-9-15(10)8-11(16)14-2-4-17-5-3-14/h7,9,12H,2-6,8H2,1H3. The second kappa shape index (κ2) is 5.79. The van der Waals surface area contributed by atoms with E-state index in [1.807, 2.05) is 16.5 Å². The molecule has 0 aliphatic carbocycles. The van der Waals surface area contributed by atoms with Gasteiger partial charge in [-0.25, -0.2) is 4.98 Å². The Balaban J connectivity index is 1.94. The molecule has 94 valence electrons. The van der Waals surface area contributed by atoms with Crippen molar-refractivity contribution in [2.75, 3.05) is 33.4 Å². The number of nitrogens with zero attached hydrogens (tertiary/aromatic N) is 3. The number of amides is 1. The number of imidazole rings is 1. The SMILES string of the molecule is CNCc1cncn1CC(=O)N1CCOCC1. The molecule has 0 spiro atoms. The van der Waals surface area contributed by atoms with E-state index in [4.69, 9.17) is 4.74 Å². The number of aromatic nitrogens is 2. The lowest BCUT2D eigenvalue weighted by Gasteiger charge is -2.27. The third-order valence-electron chi connectivity index (χ3n) is 2.83. The van der Waals surface area contributed by atoms with Crippen molar-refractivity contribution in [3.63, 3.8) is 0 Å². The van der Waals surface area contributed by atoms with Crippen LogP contribution in [0.15, 0.2) is 12.5 Å². The minimum atomic E-state index is 0.128. The van der Waals surface area contributed by atoms with Gasteiger partial charge in [0.15, 0.2) is 0 Å². The summed E-state index contributed by atoms with van der Waals surface area (Å²) in [5, 5.41) is 3.06. The fourth-order valence-corrected chi connectivity index (χ4v) is 1.88. The number of carbonyl (C=O) groups is 1. The zero-order valence-electron chi connectivity index (χ0n) is 10.1. The summed E-state index contributed by atoms with van der Waals surface area (Å²) in [4.78, 5) is 17.9. The van der Waals surface area contributed by atoms with Crippen molar-refractivity contribution in [1.29, 1.82) is 0 Å². The van der Waals surface area contributed by atoms with Crippen molar-refractivity contribution in [2.24, 2.45) is 0 Å². The van der Waals surface area contributed by atoms with Crippen LogP contribution in [-0.2, 0) is 22.6 Å². The summed E-state index contributed by atoms with van der Waals surface area (Å²) < 4.78 is 7.11. The molecule has 1 N–H and O–H groups in total. The lowest BCUT2D eigenvalue weighted by atomic mass is 10.4. The van der Waals surface area contributed by atoms with Crippen LogP contribution >= 0.6 is 0 Å². The van der Waals surface area contributed by atoms with Crippen molar-refractivity contribution in [2.45, 2.75) is 13.1 Å². The van der Waals surface area contributed by atoms with Crippen molar-refractivity contribution in [3.8, 4) is 0 Å². The van der Waals surface area contributed by atoms with E-state index in [2.05, 4.69) is 10.3 Å². The van der Waals surface area contributed by atoms with Gasteiger partial charge >= 0.3 is 0 Å². The number of hydrogen-bond acceptors (Lipinski definition) is 4. The fraction of sp³-hybridized carbons (Fsp3) is 0.636. The van der Waals surface area contributed by atoms with E-state index in [1.165, 1.54) is 0 Å². The molecule has 1 aliphatic heterocycles. The maximum absolute atomic E-state index is 12.0. The lowest BCUT2D eigenvalue weighted by Crippen LogP contribution is -2.42. The highest BCUT2D eigenvalue weighted by molar-refractivity contribution is 5.76. The molecule has 1 fully saturated rings. The first-order chi connectivity index (χ1) is 8.31. The van der Waals surface area contributed by atoms with Gasteiger partial charge in [0.25, 0.3) is 0 Å². The number of morpholine rings is 1. The van der Waals surface area contributed by atoms with E-state index in [0.717, 1.165) is 12.2 Å². The van der Waals surface area contributed by atoms with Crippen LogP contribution in [0.2, 0.25) is 0 Å². The number of carbonyl (C=O) groups excluding carboxylic acids is 1. The largest absolute Gasteiger partial charge is 0.378 e. The fourth-order valence-electron chi connectivity index (χ4n) is 1.88. The van der Waals surface area contributed by atoms with Gasteiger partial charge in [0.1, 0.15) is 6.54 Å². The summed E-state index contributed by atoms with van der Waals surface area (Å²) in [5.41, 5.74) is 1.02. The van der Waals surface area contributed by atoms with Crippen LogP contribution in [-0.4, -0.2) is 53.7 Å². The quantitative estimate of drug-likeness (QED) is 0.765. The van der Waals surface area contributed by atoms with Gasteiger partial charge < -0.3 is 19.5 Å². The first-order valence-corrected chi connectivity index (χ1v) is 5.80. The third-order valence-corrected chi connectivity index (χ3v) is 2.83. The Morgan fingerprint density at radius 1 is 1.53 bits per heavy atom. The molecule has 1 saturated heterocycles. The molecule has 0 radical (unpaired) electrons. The van der Waals surface area contributed by atoms with Crippen LogP contribution in [0, 0.1) is 0 Å². The van der Waals surface area contributed by atoms with Crippen LogP contribution in [0.25, 0.3) is 0 Å². The zero-order chi connectivity index (χ0) is 12.1. The van der Waals surface area contributed by atoms with Crippen molar-refractivity contribution < 1.29 is 9.53 Å². The highest BCUT2D eigenvalue weighted by Gasteiger charge is 2.17. The molecule has 2 heterocycles. The molecule has 1 aromatic heterocycles. The maximum Gasteiger partial charge on any atom is 0.242 e. The van der Waals surface area contributed by atoms with Crippen LogP contribution < -0.4 is 5.32 Å². The minimum absolute atomic E-state index is 0.128. The van der Waals surface area contributed by atoms with Gasteiger partial charge in [-0.05, 0) is 7.05 Å². The van der Waals surface area contributed by atoms with Crippen LogP contribution in [0.5, 0.6) is 0 Å². The van der Waals surface area contributed by atoms with E-state index in [-0.39, 0.29) is 5.91 Å².